The molecule has 1 heterocycles. The molecule has 0 bridgehead atoms. The van der Waals surface area contributed by atoms with Crippen molar-refractivity contribution in [3.63, 3.8) is 0 Å². The third kappa shape index (κ3) is 5.12. The molecule has 0 unspecified atom stereocenters. The summed E-state index contributed by atoms with van der Waals surface area (Å²) >= 11 is 6.00. The second-order valence-electron chi connectivity index (χ2n) is 7.20. The summed E-state index contributed by atoms with van der Waals surface area (Å²) in [6, 6.07) is 15.3. The lowest BCUT2D eigenvalue weighted by atomic mass is 9.98. The lowest BCUT2D eigenvalue weighted by molar-refractivity contribution is -0.137. The molecule has 2 aromatic rings. The number of carbonyl (C=O) groups is 2. The molecular formula is C22H25ClN2O3. The van der Waals surface area contributed by atoms with Crippen LogP contribution in [0.4, 0.5) is 0 Å². The molecule has 0 aromatic heterocycles. The molecule has 148 valence electrons. The van der Waals surface area contributed by atoms with Crippen LogP contribution >= 0.6 is 11.6 Å². The lowest BCUT2D eigenvalue weighted by Crippen LogP contribution is -2.49. The third-order valence-corrected chi connectivity index (χ3v) is 5.44. The Morgan fingerprint density at radius 1 is 1.07 bits per heavy atom. The number of rotatable bonds is 6. The van der Waals surface area contributed by atoms with Crippen molar-refractivity contribution in [3.8, 4) is 0 Å². The van der Waals surface area contributed by atoms with Gasteiger partial charge in [0.05, 0.1) is 0 Å². The first-order valence-electron chi connectivity index (χ1n) is 9.51. The molecule has 1 amide bonds. The van der Waals surface area contributed by atoms with E-state index in [1.165, 1.54) is 5.56 Å². The summed E-state index contributed by atoms with van der Waals surface area (Å²) in [5.41, 5.74) is 2.90. The number of halogens is 1. The first-order chi connectivity index (χ1) is 13.4. The van der Waals surface area contributed by atoms with E-state index in [0.29, 0.717) is 43.2 Å². The van der Waals surface area contributed by atoms with Crippen LogP contribution in [-0.2, 0) is 4.79 Å². The molecule has 0 spiro atoms. The van der Waals surface area contributed by atoms with Gasteiger partial charge in [0.25, 0.3) is 5.91 Å². The summed E-state index contributed by atoms with van der Waals surface area (Å²) in [5.74, 6) is -0.800. The second-order valence-corrected chi connectivity index (χ2v) is 7.63. The number of piperazine rings is 1. The van der Waals surface area contributed by atoms with E-state index in [4.69, 9.17) is 16.7 Å². The van der Waals surface area contributed by atoms with Gasteiger partial charge in [-0.2, -0.15) is 0 Å². The van der Waals surface area contributed by atoms with E-state index < -0.39 is 5.97 Å². The van der Waals surface area contributed by atoms with E-state index in [0.717, 1.165) is 5.56 Å². The molecule has 1 fully saturated rings. The first kappa shape index (κ1) is 20.4. The maximum atomic E-state index is 12.7. The minimum Gasteiger partial charge on any atom is -0.481 e. The van der Waals surface area contributed by atoms with Gasteiger partial charge in [-0.1, -0.05) is 47.5 Å². The summed E-state index contributed by atoms with van der Waals surface area (Å²) in [5, 5.41) is 9.69. The zero-order valence-electron chi connectivity index (χ0n) is 16.0. The highest BCUT2D eigenvalue weighted by molar-refractivity contribution is 6.30. The van der Waals surface area contributed by atoms with Crippen LogP contribution in [0.3, 0.4) is 0 Å². The molecular weight excluding hydrogens is 376 g/mol. The van der Waals surface area contributed by atoms with Crippen LogP contribution in [0.15, 0.2) is 48.5 Å². The molecule has 3 rings (SSSR count). The molecule has 2 aromatic carbocycles. The van der Waals surface area contributed by atoms with Crippen LogP contribution in [0.5, 0.6) is 0 Å². The Balaban J connectivity index is 1.68. The second kappa shape index (κ2) is 9.22. The number of amides is 1. The lowest BCUT2D eigenvalue weighted by Gasteiger charge is -2.39. The normalized spacial score (nSPS) is 16.0. The molecule has 0 radical (unpaired) electrons. The largest absolute Gasteiger partial charge is 0.481 e. The van der Waals surface area contributed by atoms with E-state index in [2.05, 4.69) is 29.2 Å². The van der Waals surface area contributed by atoms with Crippen LogP contribution in [0.25, 0.3) is 0 Å². The van der Waals surface area contributed by atoms with Crippen LogP contribution in [0.2, 0.25) is 5.02 Å². The van der Waals surface area contributed by atoms with Gasteiger partial charge in [-0.3, -0.25) is 14.5 Å². The van der Waals surface area contributed by atoms with Crippen LogP contribution in [0.1, 0.15) is 40.4 Å². The van der Waals surface area contributed by atoms with Gasteiger partial charge in [0.2, 0.25) is 0 Å². The molecule has 28 heavy (non-hydrogen) atoms. The average molecular weight is 401 g/mol. The Kier molecular flexibility index (Phi) is 6.70. The highest BCUT2D eigenvalue weighted by atomic mass is 35.5. The Morgan fingerprint density at radius 3 is 2.36 bits per heavy atom. The number of carboxylic acids is 1. The summed E-state index contributed by atoms with van der Waals surface area (Å²) in [6.45, 7) is 4.69. The monoisotopic (exact) mass is 400 g/mol. The average Bonchev–Trinajstić information content (AvgIpc) is 2.69. The smallest absolute Gasteiger partial charge is 0.303 e. The molecule has 0 aliphatic carbocycles. The maximum Gasteiger partial charge on any atom is 0.303 e. The minimum atomic E-state index is -0.785. The zero-order valence-corrected chi connectivity index (χ0v) is 16.7. The summed E-state index contributed by atoms with van der Waals surface area (Å²) in [4.78, 5) is 28.0. The van der Waals surface area contributed by atoms with Gasteiger partial charge in [-0.15, -0.1) is 0 Å². The molecule has 0 saturated carbocycles. The summed E-state index contributed by atoms with van der Waals surface area (Å²) in [7, 11) is 0. The van der Waals surface area contributed by atoms with E-state index >= 15 is 0 Å². The molecule has 5 nitrogen and oxygen atoms in total. The van der Waals surface area contributed by atoms with Gasteiger partial charge in [-0.25, -0.2) is 0 Å². The van der Waals surface area contributed by atoms with Gasteiger partial charge in [0.1, 0.15) is 0 Å². The number of aryl methyl sites for hydroxylation is 1. The van der Waals surface area contributed by atoms with E-state index in [1.54, 1.807) is 24.3 Å². The fourth-order valence-corrected chi connectivity index (χ4v) is 3.84. The molecule has 1 aliphatic rings. The highest BCUT2D eigenvalue weighted by Crippen LogP contribution is 2.27. The molecule has 1 saturated heterocycles. The number of aliphatic carboxylic acids is 1. The Bertz CT molecular complexity index is 830. The molecule has 6 heteroatoms. The van der Waals surface area contributed by atoms with Crippen LogP contribution in [0, 0.1) is 6.92 Å². The number of nitrogens with zero attached hydrogens (tertiary/aromatic N) is 2. The minimum absolute atomic E-state index is 0.0143. The molecule has 1 atom stereocenters. The Labute approximate surface area is 170 Å². The molecule has 1 N–H and O–H groups in total. The van der Waals surface area contributed by atoms with E-state index in [1.807, 2.05) is 11.8 Å². The maximum absolute atomic E-state index is 12.7. The van der Waals surface area contributed by atoms with Crippen molar-refractivity contribution in [1.29, 1.82) is 0 Å². The predicted molar refractivity (Wildman–Crippen MR) is 110 cm³/mol. The van der Waals surface area contributed by atoms with Crippen LogP contribution < -0.4 is 0 Å². The zero-order chi connectivity index (χ0) is 20.1. The van der Waals surface area contributed by atoms with Gasteiger partial charge in [0, 0.05) is 49.2 Å². The van der Waals surface area contributed by atoms with Crippen molar-refractivity contribution >= 4 is 23.5 Å². The van der Waals surface area contributed by atoms with Crippen molar-refractivity contribution in [1.82, 2.24) is 9.80 Å². The van der Waals surface area contributed by atoms with Crippen molar-refractivity contribution in [3.05, 3.63) is 70.2 Å². The van der Waals surface area contributed by atoms with Gasteiger partial charge in [0.15, 0.2) is 0 Å². The number of hydrogen-bond donors (Lipinski definition) is 1. The predicted octanol–water partition coefficient (Wildman–Crippen LogP) is 4.01. The summed E-state index contributed by atoms with van der Waals surface area (Å²) in [6.07, 6.45) is 0.681. The van der Waals surface area contributed by atoms with Crippen molar-refractivity contribution in [2.24, 2.45) is 0 Å². The van der Waals surface area contributed by atoms with Crippen molar-refractivity contribution in [2.75, 3.05) is 26.2 Å². The number of hydrogen-bond acceptors (Lipinski definition) is 3. The first-order valence-corrected chi connectivity index (χ1v) is 9.89. The third-order valence-electron chi connectivity index (χ3n) is 5.21. The fraction of sp³-hybridized carbons (Fsp3) is 0.364. The summed E-state index contributed by atoms with van der Waals surface area (Å²) < 4.78 is 0. The van der Waals surface area contributed by atoms with Crippen molar-refractivity contribution < 1.29 is 14.7 Å². The van der Waals surface area contributed by atoms with Crippen LogP contribution in [-0.4, -0.2) is 53.0 Å². The van der Waals surface area contributed by atoms with Gasteiger partial charge >= 0.3 is 5.97 Å². The number of carbonyl (C=O) groups excluding carboxylic acids is 1. The topological polar surface area (TPSA) is 60.9 Å². The van der Waals surface area contributed by atoms with E-state index in [-0.39, 0.29) is 18.4 Å². The Hall–Kier alpha value is -2.37. The SMILES string of the molecule is Cc1ccc([C@@H](CCC(=O)O)N2CCN(C(=O)c3cccc(Cl)c3)CC2)cc1. The van der Waals surface area contributed by atoms with E-state index in [9.17, 15) is 9.59 Å². The fourth-order valence-electron chi connectivity index (χ4n) is 3.65. The quantitative estimate of drug-likeness (QED) is 0.795. The highest BCUT2D eigenvalue weighted by Gasteiger charge is 2.28. The standard InChI is InChI=1S/C22H25ClN2O3/c1-16-5-7-17(8-6-16)20(9-10-21(26)27)24-11-13-25(14-12-24)22(28)18-3-2-4-19(23)15-18/h2-8,15,20H,9-14H2,1H3,(H,26,27)/t20-/m1/s1. The van der Waals surface area contributed by atoms with Gasteiger partial charge in [-0.05, 0) is 37.1 Å². The number of carboxylic acid groups (broad SMARTS) is 1. The Morgan fingerprint density at radius 2 is 1.75 bits per heavy atom. The molecule has 1 aliphatic heterocycles. The van der Waals surface area contributed by atoms with Crippen molar-refractivity contribution in [2.45, 2.75) is 25.8 Å². The van der Waals surface area contributed by atoms with Gasteiger partial charge < -0.3 is 10.0 Å². The number of benzene rings is 2.